The summed E-state index contributed by atoms with van der Waals surface area (Å²) in [6, 6.07) is 10.5. The standard InChI is InChI=1S/C21H21N3O5/c1-21(2,3)24-18(27)15-9-8-14(11-16(15)19(24)28)23-20(29)22-13-6-4-12(5-7-13)10-17(25)26/h4-9,11H,10H2,1-3H3,(H,25,26)(H2,22,23,29). The van der Waals surface area contributed by atoms with Crippen LogP contribution in [0.5, 0.6) is 0 Å². The van der Waals surface area contributed by atoms with Gasteiger partial charge in [-0.05, 0) is 56.7 Å². The van der Waals surface area contributed by atoms with Gasteiger partial charge in [0.15, 0.2) is 0 Å². The molecule has 2 aromatic rings. The summed E-state index contributed by atoms with van der Waals surface area (Å²) < 4.78 is 0. The molecule has 0 bridgehead atoms. The first kappa shape index (κ1) is 20.1. The van der Waals surface area contributed by atoms with Crippen molar-refractivity contribution in [3.8, 4) is 0 Å². The van der Waals surface area contributed by atoms with Crippen LogP contribution in [0.3, 0.4) is 0 Å². The predicted molar refractivity (Wildman–Crippen MR) is 107 cm³/mol. The summed E-state index contributed by atoms with van der Waals surface area (Å²) in [6.45, 7) is 5.34. The molecule has 2 aromatic carbocycles. The minimum absolute atomic E-state index is 0.0973. The van der Waals surface area contributed by atoms with Crippen molar-refractivity contribution >= 4 is 35.2 Å². The zero-order valence-corrected chi connectivity index (χ0v) is 16.3. The second-order valence-electron chi connectivity index (χ2n) is 7.72. The van der Waals surface area contributed by atoms with Crippen molar-refractivity contribution in [2.75, 3.05) is 10.6 Å². The van der Waals surface area contributed by atoms with E-state index >= 15 is 0 Å². The van der Waals surface area contributed by atoms with E-state index in [0.717, 1.165) is 0 Å². The van der Waals surface area contributed by atoms with Crippen molar-refractivity contribution in [1.29, 1.82) is 0 Å². The van der Waals surface area contributed by atoms with Gasteiger partial charge in [0.2, 0.25) is 0 Å². The monoisotopic (exact) mass is 395 g/mol. The number of anilines is 2. The maximum Gasteiger partial charge on any atom is 0.323 e. The molecule has 29 heavy (non-hydrogen) atoms. The van der Waals surface area contributed by atoms with Gasteiger partial charge in [-0.1, -0.05) is 12.1 Å². The van der Waals surface area contributed by atoms with Gasteiger partial charge in [-0.3, -0.25) is 19.3 Å². The quantitative estimate of drug-likeness (QED) is 0.687. The molecule has 0 fully saturated rings. The highest BCUT2D eigenvalue weighted by atomic mass is 16.4. The third kappa shape index (κ3) is 4.26. The molecule has 0 saturated heterocycles. The molecule has 3 rings (SSSR count). The van der Waals surface area contributed by atoms with Crippen molar-refractivity contribution in [3.05, 3.63) is 59.2 Å². The number of nitrogens with zero attached hydrogens (tertiary/aromatic N) is 1. The fourth-order valence-electron chi connectivity index (χ4n) is 3.10. The van der Waals surface area contributed by atoms with Gasteiger partial charge < -0.3 is 15.7 Å². The van der Waals surface area contributed by atoms with Crippen LogP contribution in [0.25, 0.3) is 0 Å². The van der Waals surface area contributed by atoms with E-state index < -0.39 is 23.4 Å². The third-order valence-electron chi connectivity index (χ3n) is 4.38. The van der Waals surface area contributed by atoms with E-state index in [2.05, 4.69) is 10.6 Å². The molecule has 8 nitrogen and oxygen atoms in total. The molecule has 1 heterocycles. The lowest BCUT2D eigenvalue weighted by atomic mass is 10.1. The SMILES string of the molecule is CC(C)(C)N1C(=O)c2ccc(NC(=O)Nc3ccc(CC(=O)O)cc3)cc2C1=O. The molecule has 0 unspecified atom stereocenters. The second-order valence-corrected chi connectivity index (χ2v) is 7.72. The molecule has 0 atom stereocenters. The lowest BCUT2D eigenvalue weighted by Crippen LogP contribution is -2.45. The maximum atomic E-state index is 12.6. The number of hydrogen-bond donors (Lipinski definition) is 3. The van der Waals surface area contributed by atoms with E-state index in [1.165, 1.54) is 17.0 Å². The minimum atomic E-state index is -0.932. The second kappa shape index (κ2) is 7.38. The Kier molecular flexibility index (Phi) is 5.11. The molecule has 0 aromatic heterocycles. The van der Waals surface area contributed by atoms with Gasteiger partial charge in [0.05, 0.1) is 17.5 Å². The number of carboxylic acids is 1. The van der Waals surface area contributed by atoms with Gasteiger partial charge in [0, 0.05) is 16.9 Å². The molecular formula is C21H21N3O5. The summed E-state index contributed by atoms with van der Waals surface area (Å²) in [5.41, 5.74) is 1.40. The Morgan fingerprint density at radius 3 is 2.03 bits per heavy atom. The van der Waals surface area contributed by atoms with E-state index in [1.54, 1.807) is 51.1 Å². The Labute approximate surface area is 167 Å². The van der Waals surface area contributed by atoms with E-state index in [0.29, 0.717) is 22.5 Å². The van der Waals surface area contributed by atoms with E-state index in [4.69, 9.17) is 5.11 Å². The van der Waals surface area contributed by atoms with Crippen molar-refractivity contribution < 1.29 is 24.3 Å². The van der Waals surface area contributed by atoms with Gasteiger partial charge in [0.25, 0.3) is 11.8 Å². The molecule has 8 heteroatoms. The molecule has 0 radical (unpaired) electrons. The summed E-state index contributed by atoms with van der Waals surface area (Å²) in [6.07, 6.45) is -0.0973. The maximum absolute atomic E-state index is 12.6. The number of carbonyl (C=O) groups is 4. The molecular weight excluding hydrogens is 374 g/mol. The highest BCUT2D eigenvalue weighted by molar-refractivity contribution is 6.22. The first-order chi connectivity index (χ1) is 13.6. The number of hydrogen-bond acceptors (Lipinski definition) is 4. The van der Waals surface area contributed by atoms with Crippen LogP contribution in [-0.2, 0) is 11.2 Å². The Morgan fingerprint density at radius 2 is 1.45 bits per heavy atom. The molecule has 3 N–H and O–H groups in total. The Morgan fingerprint density at radius 1 is 0.897 bits per heavy atom. The number of benzene rings is 2. The number of carbonyl (C=O) groups excluding carboxylic acids is 3. The van der Waals surface area contributed by atoms with Crippen molar-refractivity contribution in [1.82, 2.24) is 4.90 Å². The number of fused-ring (bicyclic) bond motifs is 1. The predicted octanol–water partition coefficient (Wildman–Crippen LogP) is 3.35. The average molecular weight is 395 g/mol. The van der Waals surface area contributed by atoms with Crippen LogP contribution in [0.1, 0.15) is 47.1 Å². The van der Waals surface area contributed by atoms with Crippen molar-refractivity contribution in [2.45, 2.75) is 32.7 Å². The smallest absolute Gasteiger partial charge is 0.323 e. The largest absolute Gasteiger partial charge is 0.481 e. The van der Waals surface area contributed by atoms with E-state index in [-0.39, 0.29) is 17.9 Å². The van der Waals surface area contributed by atoms with Gasteiger partial charge in [-0.25, -0.2) is 4.79 Å². The number of nitrogens with one attached hydrogen (secondary N) is 2. The summed E-state index contributed by atoms with van der Waals surface area (Å²) in [4.78, 5) is 49.3. The van der Waals surface area contributed by atoms with E-state index in [9.17, 15) is 19.2 Å². The highest BCUT2D eigenvalue weighted by Gasteiger charge is 2.41. The van der Waals surface area contributed by atoms with Crippen LogP contribution in [0.4, 0.5) is 16.2 Å². The van der Waals surface area contributed by atoms with Gasteiger partial charge in [0.1, 0.15) is 0 Å². The van der Waals surface area contributed by atoms with Crippen molar-refractivity contribution in [3.63, 3.8) is 0 Å². The van der Waals surface area contributed by atoms with Crippen LogP contribution in [0.15, 0.2) is 42.5 Å². The summed E-state index contributed by atoms with van der Waals surface area (Å²) in [5, 5.41) is 14.0. The van der Waals surface area contributed by atoms with Gasteiger partial charge in [-0.15, -0.1) is 0 Å². The Hall–Kier alpha value is -3.68. The molecule has 4 amide bonds. The molecule has 1 aliphatic rings. The number of imide groups is 1. The third-order valence-corrected chi connectivity index (χ3v) is 4.38. The van der Waals surface area contributed by atoms with Crippen LogP contribution in [0.2, 0.25) is 0 Å². The normalized spacial score (nSPS) is 13.3. The number of rotatable bonds is 4. The Balaban J connectivity index is 1.70. The van der Waals surface area contributed by atoms with Crippen LogP contribution >= 0.6 is 0 Å². The number of aliphatic carboxylic acids is 1. The summed E-state index contributed by atoms with van der Waals surface area (Å²) >= 11 is 0. The lowest BCUT2D eigenvalue weighted by molar-refractivity contribution is -0.136. The van der Waals surface area contributed by atoms with Crippen LogP contribution in [0, 0.1) is 0 Å². The topological polar surface area (TPSA) is 116 Å². The minimum Gasteiger partial charge on any atom is -0.481 e. The van der Waals surface area contributed by atoms with Crippen molar-refractivity contribution in [2.24, 2.45) is 0 Å². The zero-order chi connectivity index (χ0) is 21.3. The van der Waals surface area contributed by atoms with Gasteiger partial charge >= 0.3 is 12.0 Å². The fraction of sp³-hybridized carbons (Fsp3) is 0.238. The average Bonchev–Trinajstić information content (AvgIpc) is 2.86. The first-order valence-corrected chi connectivity index (χ1v) is 8.98. The number of amides is 4. The van der Waals surface area contributed by atoms with Crippen LogP contribution in [-0.4, -0.2) is 39.4 Å². The molecule has 0 saturated carbocycles. The fourth-order valence-corrected chi connectivity index (χ4v) is 3.10. The first-order valence-electron chi connectivity index (χ1n) is 8.98. The highest BCUT2D eigenvalue weighted by Crippen LogP contribution is 2.31. The summed E-state index contributed by atoms with van der Waals surface area (Å²) in [5.74, 6) is -1.68. The number of carboxylic acid groups (broad SMARTS) is 1. The molecule has 150 valence electrons. The van der Waals surface area contributed by atoms with Gasteiger partial charge in [-0.2, -0.15) is 0 Å². The van der Waals surface area contributed by atoms with Crippen LogP contribution < -0.4 is 10.6 Å². The summed E-state index contributed by atoms with van der Waals surface area (Å²) in [7, 11) is 0. The lowest BCUT2D eigenvalue weighted by Gasteiger charge is -2.29. The zero-order valence-electron chi connectivity index (χ0n) is 16.3. The Bertz CT molecular complexity index is 1010. The van der Waals surface area contributed by atoms with E-state index in [1.807, 2.05) is 0 Å². The number of urea groups is 1. The molecule has 1 aliphatic heterocycles. The molecule has 0 spiro atoms. The molecule has 0 aliphatic carbocycles.